The van der Waals surface area contributed by atoms with Gasteiger partial charge in [0.25, 0.3) is 0 Å². The van der Waals surface area contributed by atoms with Crippen molar-refractivity contribution in [3.05, 3.63) is 66.3 Å². The van der Waals surface area contributed by atoms with Crippen molar-refractivity contribution in [1.82, 2.24) is 10.3 Å². The average Bonchev–Trinajstić information content (AvgIpc) is 3.19. The van der Waals surface area contributed by atoms with Crippen LogP contribution in [0.25, 0.3) is 22.0 Å². The fraction of sp³-hybridized carbons (Fsp3) is 0.227. The van der Waals surface area contributed by atoms with Crippen LogP contribution in [0.4, 0.5) is 10.1 Å². The van der Waals surface area contributed by atoms with E-state index in [9.17, 15) is 4.39 Å². The van der Waals surface area contributed by atoms with Gasteiger partial charge in [-0.2, -0.15) is 0 Å². The standard InChI is InChI=1S/C22H22FN3/c1-4-16-18-9-14(5-8-20(18)26-22(16)12-24-13(2)3)19-11-25-21-10-15(23)6-7-17(19)21/h5-11,16,24-25H,2,4,12H2,1,3H3. The van der Waals surface area contributed by atoms with Gasteiger partial charge in [-0.05, 0) is 54.8 Å². The maximum Gasteiger partial charge on any atom is 0.125 e. The zero-order chi connectivity index (χ0) is 18.3. The lowest BCUT2D eigenvalue weighted by atomic mass is 9.90. The first-order chi connectivity index (χ1) is 12.6. The molecule has 1 aromatic heterocycles. The smallest absolute Gasteiger partial charge is 0.125 e. The van der Waals surface area contributed by atoms with Gasteiger partial charge in [-0.15, -0.1) is 0 Å². The lowest BCUT2D eigenvalue weighted by molar-refractivity contribution is 0.629. The van der Waals surface area contributed by atoms with Crippen molar-refractivity contribution in [2.24, 2.45) is 4.99 Å². The highest BCUT2D eigenvalue weighted by molar-refractivity contribution is 6.01. The quantitative estimate of drug-likeness (QED) is 0.613. The third kappa shape index (κ3) is 2.81. The average molecular weight is 347 g/mol. The number of aromatic nitrogens is 1. The van der Waals surface area contributed by atoms with E-state index in [0.717, 1.165) is 52.1 Å². The second kappa shape index (κ2) is 6.45. The Morgan fingerprint density at radius 2 is 2.12 bits per heavy atom. The predicted molar refractivity (Wildman–Crippen MR) is 107 cm³/mol. The van der Waals surface area contributed by atoms with Gasteiger partial charge < -0.3 is 10.3 Å². The molecule has 2 heterocycles. The number of rotatable bonds is 5. The molecule has 0 bridgehead atoms. The van der Waals surface area contributed by atoms with Crippen LogP contribution < -0.4 is 5.32 Å². The molecule has 0 saturated carbocycles. The topological polar surface area (TPSA) is 40.2 Å². The third-order valence-corrected chi connectivity index (χ3v) is 5.00. The third-order valence-electron chi connectivity index (χ3n) is 5.00. The second-order valence-corrected chi connectivity index (χ2v) is 6.86. The van der Waals surface area contributed by atoms with E-state index >= 15 is 0 Å². The molecule has 4 heteroatoms. The van der Waals surface area contributed by atoms with Crippen molar-refractivity contribution in [3.63, 3.8) is 0 Å². The molecule has 3 aromatic rings. The van der Waals surface area contributed by atoms with Gasteiger partial charge in [-0.3, -0.25) is 4.99 Å². The molecule has 0 aliphatic carbocycles. The first-order valence-corrected chi connectivity index (χ1v) is 8.94. The van der Waals surface area contributed by atoms with Gasteiger partial charge in [0, 0.05) is 40.0 Å². The number of hydrogen-bond acceptors (Lipinski definition) is 2. The van der Waals surface area contributed by atoms with Crippen molar-refractivity contribution in [2.75, 3.05) is 6.54 Å². The number of aromatic amines is 1. The number of nitrogens with one attached hydrogen (secondary N) is 2. The molecule has 1 aliphatic rings. The van der Waals surface area contributed by atoms with Gasteiger partial charge in [0.15, 0.2) is 0 Å². The van der Waals surface area contributed by atoms with Crippen LogP contribution in [0.3, 0.4) is 0 Å². The van der Waals surface area contributed by atoms with E-state index in [1.807, 2.05) is 19.2 Å². The maximum atomic E-state index is 13.5. The van der Waals surface area contributed by atoms with Crippen LogP contribution in [-0.4, -0.2) is 17.2 Å². The largest absolute Gasteiger partial charge is 0.384 e. The van der Waals surface area contributed by atoms with Crippen molar-refractivity contribution in [1.29, 1.82) is 0 Å². The monoisotopic (exact) mass is 347 g/mol. The molecule has 2 N–H and O–H groups in total. The van der Waals surface area contributed by atoms with Crippen molar-refractivity contribution in [2.45, 2.75) is 26.2 Å². The number of nitrogens with zero attached hydrogens (tertiary/aromatic N) is 1. The molecular formula is C22H22FN3. The molecule has 0 fully saturated rings. The van der Waals surface area contributed by atoms with Crippen molar-refractivity contribution in [3.8, 4) is 11.1 Å². The number of fused-ring (bicyclic) bond motifs is 2. The summed E-state index contributed by atoms with van der Waals surface area (Å²) in [5, 5.41) is 4.32. The summed E-state index contributed by atoms with van der Waals surface area (Å²) in [6, 6.07) is 11.3. The summed E-state index contributed by atoms with van der Waals surface area (Å²) in [7, 11) is 0. The summed E-state index contributed by atoms with van der Waals surface area (Å²) in [6.45, 7) is 8.78. The summed E-state index contributed by atoms with van der Waals surface area (Å²) >= 11 is 0. The Morgan fingerprint density at radius 3 is 2.88 bits per heavy atom. The molecule has 26 heavy (non-hydrogen) atoms. The van der Waals surface area contributed by atoms with Gasteiger partial charge in [0.05, 0.1) is 12.2 Å². The van der Waals surface area contributed by atoms with Crippen LogP contribution >= 0.6 is 0 Å². The Kier molecular flexibility index (Phi) is 4.11. The number of allylic oxidation sites excluding steroid dienone is 1. The molecule has 3 nitrogen and oxygen atoms in total. The van der Waals surface area contributed by atoms with Gasteiger partial charge in [0.2, 0.25) is 0 Å². The fourth-order valence-corrected chi connectivity index (χ4v) is 3.71. The molecule has 0 spiro atoms. The van der Waals surface area contributed by atoms with E-state index < -0.39 is 0 Å². The van der Waals surface area contributed by atoms with E-state index in [0.29, 0.717) is 5.92 Å². The number of H-pyrrole nitrogens is 1. The van der Waals surface area contributed by atoms with E-state index in [-0.39, 0.29) is 5.82 Å². The summed E-state index contributed by atoms with van der Waals surface area (Å²) in [5.74, 6) is 0.0911. The zero-order valence-electron chi connectivity index (χ0n) is 15.1. The van der Waals surface area contributed by atoms with Crippen LogP contribution in [0.5, 0.6) is 0 Å². The summed E-state index contributed by atoms with van der Waals surface area (Å²) in [5.41, 5.74) is 7.45. The number of benzene rings is 2. The van der Waals surface area contributed by atoms with E-state index in [2.05, 4.69) is 42.0 Å². The van der Waals surface area contributed by atoms with Gasteiger partial charge in [-0.25, -0.2) is 4.39 Å². The normalized spacial score (nSPS) is 15.8. The SMILES string of the molecule is C=C(C)NCC1=Nc2ccc(-c3c[nH]c4cc(F)ccc34)cc2C1CC. The Bertz CT molecular complexity index is 1030. The zero-order valence-corrected chi connectivity index (χ0v) is 15.1. The predicted octanol–water partition coefficient (Wildman–Crippen LogP) is 5.68. The number of halogens is 1. The minimum atomic E-state index is -0.228. The highest BCUT2D eigenvalue weighted by atomic mass is 19.1. The lowest BCUT2D eigenvalue weighted by Crippen LogP contribution is -2.23. The Hall–Kier alpha value is -2.88. The Balaban J connectivity index is 1.71. The molecule has 1 unspecified atom stereocenters. The van der Waals surface area contributed by atoms with E-state index in [4.69, 9.17) is 4.99 Å². The van der Waals surface area contributed by atoms with Crippen LogP contribution in [0, 0.1) is 5.82 Å². The molecule has 0 saturated heterocycles. The first kappa shape index (κ1) is 16.6. The minimum Gasteiger partial charge on any atom is -0.384 e. The second-order valence-electron chi connectivity index (χ2n) is 6.86. The van der Waals surface area contributed by atoms with Crippen LogP contribution in [0.2, 0.25) is 0 Å². The minimum absolute atomic E-state index is 0.228. The fourth-order valence-electron chi connectivity index (χ4n) is 3.71. The van der Waals surface area contributed by atoms with Crippen LogP contribution in [0.15, 0.2) is 59.9 Å². The van der Waals surface area contributed by atoms with Gasteiger partial charge in [0.1, 0.15) is 5.82 Å². The Labute approximate surface area is 152 Å². The molecule has 4 rings (SSSR count). The Morgan fingerprint density at radius 1 is 1.27 bits per heavy atom. The van der Waals surface area contributed by atoms with Crippen molar-refractivity contribution < 1.29 is 4.39 Å². The summed E-state index contributed by atoms with van der Waals surface area (Å²) < 4.78 is 13.5. The molecule has 0 amide bonds. The van der Waals surface area contributed by atoms with Crippen LogP contribution in [-0.2, 0) is 0 Å². The van der Waals surface area contributed by atoms with Crippen LogP contribution in [0.1, 0.15) is 31.7 Å². The molecule has 1 aliphatic heterocycles. The molecule has 2 aromatic carbocycles. The van der Waals surface area contributed by atoms with Gasteiger partial charge >= 0.3 is 0 Å². The van der Waals surface area contributed by atoms with E-state index in [1.54, 1.807) is 0 Å². The van der Waals surface area contributed by atoms with Gasteiger partial charge in [-0.1, -0.05) is 19.6 Å². The summed E-state index contributed by atoms with van der Waals surface area (Å²) in [4.78, 5) is 8.00. The summed E-state index contributed by atoms with van der Waals surface area (Å²) in [6.07, 6.45) is 2.96. The first-order valence-electron chi connectivity index (χ1n) is 8.94. The highest BCUT2D eigenvalue weighted by Gasteiger charge is 2.26. The van der Waals surface area contributed by atoms with E-state index in [1.165, 1.54) is 17.7 Å². The molecular weight excluding hydrogens is 325 g/mol. The molecule has 1 atom stereocenters. The molecule has 0 radical (unpaired) electrons. The number of aliphatic imine (C=N–C) groups is 1. The highest BCUT2D eigenvalue weighted by Crippen LogP contribution is 2.40. The number of hydrogen-bond donors (Lipinski definition) is 2. The molecule has 132 valence electrons. The maximum absolute atomic E-state index is 13.5. The lowest BCUT2D eigenvalue weighted by Gasteiger charge is -2.14. The van der Waals surface area contributed by atoms with Crippen molar-refractivity contribution >= 4 is 22.3 Å².